The Hall–Kier alpha value is -1.49. The number of aromatic nitrogens is 1. The van der Waals surface area contributed by atoms with E-state index in [9.17, 15) is 14.7 Å². The van der Waals surface area contributed by atoms with E-state index in [1.807, 2.05) is 6.92 Å². The maximum Gasteiger partial charge on any atom is 0.326 e. The van der Waals surface area contributed by atoms with E-state index in [0.29, 0.717) is 30.2 Å². The maximum atomic E-state index is 12.5. The van der Waals surface area contributed by atoms with Crippen molar-refractivity contribution < 1.29 is 14.7 Å². The predicted molar refractivity (Wildman–Crippen MR) is 71.4 cm³/mol. The molecule has 0 bridgehead atoms. The van der Waals surface area contributed by atoms with Crippen LogP contribution in [0.15, 0.2) is 12.3 Å². The quantitative estimate of drug-likeness (QED) is 0.926. The Labute approximate surface area is 116 Å². The molecule has 0 aromatic carbocycles. The Morgan fingerprint density at radius 3 is 2.84 bits per heavy atom. The second-order valence-electron chi connectivity index (χ2n) is 4.68. The van der Waals surface area contributed by atoms with Gasteiger partial charge in [-0.05, 0) is 32.3 Å². The molecule has 1 atom stereocenters. The van der Waals surface area contributed by atoms with Crippen LogP contribution >= 0.6 is 11.6 Å². The summed E-state index contributed by atoms with van der Waals surface area (Å²) in [6, 6.07) is 0.876. The fraction of sp³-hybridized carbons (Fsp3) is 0.538. The lowest BCUT2D eigenvalue weighted by Gasteiger charge is -2.33. The van der Waals surface area contributed by atoms with Gasteiger partial charge in [-0.25, -0.2) is 4.79 Å². The molecule has 19 heavy (non-hydrogen) atoms. The second-order valence-corrected chi connectivity index (χ2v) is 5.11. The Kier molecular flexibility index (Phi) is 4.14. The van der Waals surface area contributed by atoms with Gasteiger partial charge in [0.1, 0.15) is 11.7 Å². The minimum atomic E-state index is -0.936. The topological polar surface area (TPSA) is 62.5 Å². The van der Waals surface area contributed by atoms with Crippen LogP contribution in [-0.4, -0.2) is 39.0 Å². The minimum absolute atomic E-state index is 0.249. The predicted octanol–water partition coefficient (Wildman–Crippen LogP) is 2.24. The molecule has 0 aliphatic carbocycles. The number of rotatable bonds is 3. The van der Waals surface area contributed by atoms with Gasteiger partial charge in [0.2, 0.25) is 0 Å². The number of halogens is 1. The van der Waals surface area contributed by atoms with Gasteiger partial charge in [0.05, 0.1) is 5.02 Å². The fourth-order valence-electron chi connectivity index (χ4n) is 2.49. The van der Waals surface area contributed by atoms with Gasteiger partial charge in [-0.1, -0.05) is 11.6 Å². The maximum absolute atomic E-state index is 12.5. The molecule has 1 unspecified atom stereocenters. The van der Waals surface area contributed by atoms with E-state index in [2.05, 4.69) is 0 Å². The molecule has 2 heterocycles. The van der Waals surface area contributed by atoms with Crippen LogP contribution in [0.5, 0.6) is 0 Å². The Bertz CT molecular complexity index is 498. The number of carboxylic acids is 1. The van der Waals surface area contributed by atoms with E-state index in [1.165, 1.54) is 4.90 Å². The Morgan fingerprint density at radius 2 is 2.21 bits per heavy atom. The van der Waals surface area contributed by atoms with E-state index in [0.717, 1.165) is 12.8 Å². The molecule has 1 aromatic heterocycles. The molecule has 1 amide bonds. The van der Waals surface area contributed by atoms with Crippen molar-refractivity contribution in [2.24, 2.45) is 0 Å². The number of nitrogens with zero attached hydrogens (tertiary/aromatic N) is 2. The molecule has 1 N–H and O–H groups in total. The molecule has 0 radical (unpaired) electrons. The van der Waals surface area contributed by atoms with Crippen molar-refractivity contribution in [1.29, 1.82) is 0 Å². The Balaban J connectivity index is 2.28. The van der Waals surface area contributed by atoms with E-state index in [1.54, 1.807) is 16.8 Å². The highest BCUT2D eigenvalue weighted by Crippen LogP contribution is 2.22. The number of piperidine rings is 1. The summed E-state index contributed by atoms with van der Waals surface area (Å²) in [5, 5.41) is 9.70. The molecule has 5 nitrogen and oxygen atoms in total. The average Bonchev–Trinajstić information content (AvgIpc) is 2.79. The molecule has 1 aliphatic rings. The molecule has 0 saturated carbocycles. The number of carbonyl (C=O) groups is 2. The van der Waals surface area contributed by atoms with Crippen molar-refractivity contribution in [3.63, 3.8) is 0 Å². The van der Waals surface area contributed by atoms with Crippen LogP contribution in [-0.2, 0) is 11.3 Å². The largest absolute Gasteiger partial charge is 0.480 e. The summed E-state index contributed by atoms with van der Waals surface area (Å²) in [7, 11) is 0. The first-order valence-electron chi connectivity index (χ1n) is 6.44. The van der Waals surface area contributed by atoms with Crippen molar-refractivity contribution in [3.05, 3.63) is 23.0 Å². The van der Waals surface area contributed by atoms with Crippen LogP contribution in [0.1, 0.15) is 36.7 Å². The summed E-state index contributed by atoms with van der Waals surface area (Å²) in [6.45, 7) is 3.03. The first kappa shape index (κ1) is 13.9. The zero-order valence-electron chi connectivity index (χ0n) is 10.8. The third-order valence-electron chi connectivity index (χ3n) is 3.47. The zero-order valence-corrected chi connectivity index (χ0v) is 11.6. The van der Waals surface area contributed by atoms with Gasteiger partial charge >= 0.3 is 5.97 Å². The highest BCUT2D eigenvalue weighted by molar-refractivity contribution is 6.31. The molecular formula is C13H17ClN2O3. The van der Waals surface area contributed by atoms with Crippen LogP contribution in [0.3, 0.4) is 0 Å². The second kappa shape index (κ2) is 5.65. The van der Waals surface area contributed by atoms with Crippen molar-refractivity contribution in [2.45, 2.75) is 38.8 Å². The number of aliphatic carboxylic acids is 1. The third-order valence-corrected chi connectivity index (χ3v) is 3.68. The number of likely N-dealkylation sites (tertiary alicyclic amines) is 1. The number of amides is 1. The summed E-state index contributed by atoms with van der Waals surface area (Å²) in [5.41, 5.74) is 0.459. The first-order chi connectivity index (χ1) is 9.04. The number of hydrogen-bond donors (Lipinski definition) is 1. The molecule has 1 aliphatic heterocycles. The number of hydrogen-bond acceptors (Lipinski definition) is 2. The van der Waals surface area contributed by atoms with Gasteiger partial charge in [0, 0.05) is 19.3 Å². The van der Waals surface area contributed by atoms with Gasteiger partial charge < -0.3 is 14.6 Å². The molecule has 1 aromatic rings. The summed E-state index contributed by atoms with van der Waals surface area (Å²) >= 11 is 5.92. The molecule has 1 saturated heterocycles. The highest BCUT2D eigenvalue weighted by atomic mass is 35.5. The van der Waals surface area contributed by atoms with E-state index >= 15 is 0 Å². The molecule has 104 valence electrons. The summed E-state index contributed by atoms with van der Waals surface area (Å²) in [4.78, 5) is 25.2. The smallest absolute Gasteiger partial charge is 0.326 e. The van der Waals surface area contributed by atoms with Crippen LogP contribution in [0.4, 0.5) is 0 Å². The van der Waals surface area contributed by atoms with Gasteiger partial charge in [0.15, 0.2) is 0 Å². The Morgan fingerprint density at radius 1 is 1.47 bits per heavy atom. The van der Waals surface area contributed by atoms with Crippen LogP contribution in [0.2, 0.25) is 5.02 Å². The number of carboxylic acid groups (broad SMARTS) is 1. The molecule has 0 spiro atoms. The van der Waals surface area contributed by atoms with E-state index < -0.39 is 12.0 Å². The SMILES string of the molecule is CCn1cc(Cl)cc1C(=O)N1CCCCC1C(=O)O. The average molecular weight is 285 g/mol. The molecule has 2 rings (SSSR count). The third kappa shape index (κ3) is 2.76. The molecular weight excluding hydrogens is 268 g/mol. The van der Waals surface area contributed by atoms with Crippen molar-refractivity contribution >= 4 is 23.5 Å². The summed E-state index contributed by atoms with van der Waals surface area (Å²) < 4.78 is 1.75. The van der Waals surface area contributed by atoms with Crippen LogP contribution < -0.4 is 0 Å². The van der Waals surface area contributed by atoms with E-state index in [-0.39, 0.29) is 5.91 Å². The van der Waals surface area contributed by atoms with Crippen LogP contribution in [0.25, 0.3) is 0 Å². The lowest BCUT2D eigenvalue weighted by Crippen LogP contribution is -2.48. The normalized spacial score (nSPS) is 19.5. The van der Waals surface area contributed by atoms with Gasteiger partial charge in [0.25, 0.3) is 5.91 Å². The van der Waals surface area contributed by atoms with Crippen molar-refractivity contribution in [2.75, 3.05) is 6.54 Å². The standard InChI is InChI=1S/C13H17ClN2O3/c1-2-15-8-9(14)7-11(15)12(17)16-6-4-3-5-10(16)13(18)19/h7-8,10H,2-6H2,1H3,(H,18,19). The van der Waals surface area contributed by atoms with Crippen molar-refractivity contribution in [1.82, 2.24) is 9.47 Å². The number of carbonyl (C=O) groups excluding carboxylic acids is 1. The minimum Gasteiger partial charge on any atom is -0.480 e. The summed E-state index contributed by atoms with van der Waals surface area (Å²) in [5.74, 6) is -1.19. The van der Waals surface area contributed by atoms with Crippen LogP contribution in [0, 0.1) is 0 Å². The first-order valence-corrected chi connectivity index (χ1v) is 6.81. The highest BCUT2D eigenvalue weighted by Gasteiger charge is 2.33. The van der Waals surface area contributed by atoms with E-state index in [4.69, 9.17) is 11.6 Å². The van der Waals surface area contributed by atoms with Gasteiger partial charge in [-0.3, -0.25) is 4.79 Å². The molecule has 6 heteroatoms. The molecule has 1 fully saturated rings. The zero-order chi connectivity index (χ0) is 14.0. The van der Waals surface area contributed by atoms with Gasteiger partial charge in [-0.15, -0.1) is 0 Å². The van der Waals surface area contributed by atoms with Crippen molar-refractivity contribution in [3.8, 4) is 0 Å². The summed E-state index contributed by atoms with van der Waals surface area (Å²) in [6.07, 6.45) is 3.89. The lowest BCUT2D eigenvalue weighted by atomic mass is 10.0. The van der Waals surface area contributed by atoms with Gasteiger partial charge in [-0.2, -0.15) is 0 Å². The monoisotopic (exact) mass is 284 g/mol. The lowest BCUT2D eigenvalue weighted by molar-refractivity contribution is -0.143. The number of aryl methyl sites for hydroxylation is 1. The fourth-order valence-corrected chi connectivity index (χ4v) is 2.72.